The Labute approximate surface area is 86.0 Å². The van der Waals surface area contributed by atoms with Gasteiger partial charge in [-0.05, 0) is 38.5 Å². The standard InChI is InChI=1S/C12H18O2/c1-3-4-5-10-6-8-11(9-7-10)12(13)14-2/h10-11H,5-9H2,1-2H3. The third-order valence-corrected chi connectivity index (χ3v) is 2.95. The van der Waals surface area contributed by atoms with Gasteiger partial charge in [0.25, 0.3) is 0 Å². The zero-order valence-electron chi connectivity index (χ0n) is 9.01. The molecule has 2 heteroatoms. The first-order valence-electron chi connectivity index (χ1n) is 5.25. The predicted molar refractivity (Wildman–Crippen MR) is 55.5 cm³/mol. The Bertz CT molecular complexity index is 239. The molecular formula is C12H18O2. The van der Waals surface area contributed by atoms with Gasteiger partial charge < -0.3 is 4.74 Å². The van der Waals surface area contributed by atoms with Crippen LogP contribution in [0.25, 0.3) is 0 Å². The summed E-state index contributed by atoms with van der Waals surface area (Å²) in [4.78, 5) is 11.2. The van der Waals surface area contributed by atoms with Crippen LogP contribution in [-0.4, -0.2) is 13.1 Å². The highest BCUT2D eigenvalue weighted by molar-refractivity contribution is 5.72. The second-order valence-corrected chi connectivity index (χ2v) is 3.87. The highest BCUT2D eigenvalue weighted by atomic mass is 16.5. The van der Waals surface area contributed by atoms with Crippen molar-refractivity contribution >= 4 is 5.97 Å². The molecular weight excluding hydrogens is 176 g/mol. The van der Waals surface area contributed by atoms with Crippen molar-refractivity contribution in [3.63, 3.8) is 0 Å². The number of ether oxygens (including phenoxy) is 1. The molecule has 0 aromatic carbocycles. The van der Waals surface area contributed by atoms with Gasteiger partial charge in [-0.2, -0.15) is 0 Å². The zero-order valence-corrected chi connectivity index (χ0v) is 9.01. The van der Waals surface area contributed by atoms with Crippen LogP contribution in [0.4, 0.5) is 0 Å². The fourth-order valence-corrected chi connectivity index (χ4v) is 2.02. The number of hydrogen-bond donors (Lipinski definition) is 0. The van der Waals surface area contributed by atoms with Crippen LogP contribution in [0, 0.1) is 23.7 Å². The van der Waals surface area contributed by atoms with E-state index >= 15 is 0 Å². The lowest BCUT2D eigenvalue weighted by atomic mass is 9.81. The van der Waals surface area contributed by atoms with Crippen LogP contribution in [0.5, 0.6) is 0 Å². The van der Waals surface area contributed by atoms with Crippen molar-refractivity contribution < 1.29 is 9.53 Å². The summed E-state index contributed by atoms with van der Waals surface area (Å²) >= 11 is 0. The summed E-state index contributed by atoms with van der Waals surface area (Å²) in [6.45, 7) is 1.88. The lowest BCUT2D eigenvalue weighted by Gasteiger charge is -2.25. The Hall–Kier alpha value is -0.970. The van der Waals surface area contributed by atoms with Gasteiger partial charge in [-0.25, -0.2) is 0 Å². The molecule has 1 aliphatic rings. The van der Waals surface area contributed by atoms with Crippen molar-refractivity contribution in [3.05, 3.63) is 0 Å². The maximum atomic E-state index is 11.2. The van der Waals surface area contributed by atoms with Crippen molar-refractivity contribution in [2.75, 3.05) is 7.11 Å². The summed E-state index contributed by atoms with van der Waals surface area (Å²) in [5.41, 5.74) is 0. The summed E-state index contributed by atoms with van der Waals surface area (Å²) in [6, 6.07) is 0. The van der Waals surface area contributed by atoms with Gasteiger partial charge in [-0.15, -0.1) is 11.8 Å². The SMILES string of the molecule is CC#CCC1CCC(C(=O)OC)CC1. The predicted octanol–water partition coefficient (Wildman–Crippen LogP) is 2.38. The minimum Gasteiger partial charge on any atom is -0.469 e. The Kier molecular flexibility index (Phi) is 4.52. The largest absolute Gasteiger partial charge is 0.469 e. The van der Waals surface area contributed by atoms with E-state index in [0.717, 1.165) is 32.1 Å². The molecule has 2 nitrogen and oxygen atoms in total. The zero-order chi connectivity index (χ0) is 10.4. The number of carbonyl (C=O) groups is 1. The van der Waals surface area contributed by atoms with Crippen LogP contribution >= 0.6 is 0 Å². The van der Waals surface area contributed by atoms with Gasteiger partial charge in [0.05, 0.1) is 13.0 Å². The lowest BCUT2D eigenvalue weighted by molar-refractivity contribution is -0.146. The van der Waals surface area contributed by atoms with Crippen molar-refractivity contribution in [1.29, 1.82) is 0 Å². The van der Waals surface area contributed by atoms with E-state index in [4.69, 9.17) is 4.74 Å². The molecule has 78 valence electrons. The maximum absolute atomic E-state index is 11.2. The second kappa shape index (κ2) is 5.70. The normalized spacial score (nSPS) is 26.1. The van der Waals surface area contributed by atoms with Crippen molar-refractivity contribution in [2.24, 2.45) is 11.8 Å². The van der Waals surface area contributed by atoms with Gasteiger partial charge in [0.15, 0.2) is 0 Å². The van der Waals surface area contributed by atoms with Crippen LogP contribution in [0.15, 0.2) is 0 Å². The summed E-state index contributed by atoms with van der Waals surface area (Å²) in [7, 11) is 1.47. The van der Waals surface area contributed by atoms with Crippen LogP contribution in [-0.2, 0) is 9.53 Å². The van der Waals surface area contributed by atoms with E-state index in [0.29, 0.717) is 5.92 Å². The van der Waals surface area contributed by atoms with Gasteiger partial charge >= 0.3 is 5.97 Å². The second-order valence-electron chi connectivity index (χ2n) is 3.87. The van der Waals surface area contributed by atoms with E-state index in [1.165, 1.54) is 7.11 Å². The quantitative estimate of drug-likeness (QED) is 0.498. The van der Waals surface area contributed by atoms with Crippen molar-refractivity contribution in [1.82, 2.24) is 0 Å². The lowest BCUT2D eigenvalue weighted by Crippen LogP contribution is -2.22. The molecule has 0 atom stereocenters. The minimum absolute atomic E-state index is 0.0370. The molecule has 0 heterocycles. The Morgan fingerprint density at radius 1 is 1.36 bits per heavy atom. The van der Waals surface area contributed by atoms with Crippen molar-refractivity contribution in [2.45, 2.75) is 39.0 Å². The minimum atomic E-state index is -0.0370. The van der Waals surface area contributed by atoms with Gasteiger partial charge in [-0.3, -0.25) is 4.79 Å². The molecule has 0 radical (unpaired) electrons. The molecule has 0 aliphatic heterocycles. The van der Waals surface area contributed by atoms with E-state index in [1.54, 1.807) is 0 Å². The van der Waals surface area contributed by atoms with Crippen LogP contribution < -0.4 is 0 Å². The Morgan fingerprint density at radius 3 is 2.50 bits per heavy atom. The summed E-state index contributed by atoms with van der Waals surface area (Å²) < 4.78 is 4.74. The topological polar surface area (TPSA) is 26.3 Å². The average molecular weight is 194 g/mol. The third kappa shape index (κ3) is 3.06. The maximum Gasteiger partial charge on any atom is 0.308 e. The fourth-order valence-electron chi connectivity index (χ4n) is 2.02. The first-order chi connectivity index (χ1) is 6.77. The summed E-state index contributed by atoms with van der Waals surface area (Å²) in [5, 5.41) is 0. The molecule has 0 aromatic heterocycles. The highest BCUT2D eigenvalue weighted by Gasteiger charge is 2.26. The molecule has 0 N–H and O–H groups in total. The van der Waals surface area contributed by atoms with E-state index in [-0.39, 0.29) is 11.9 Å². The van der Waals surface area contributed by atoms with Gasteiger partial charge in [0.1, 0.15) is 0 Å². The monoisotopic (exact) mass is 194 g/mol. The fraction of sp³-hybridized carbons (Fsp3) is 0.750. The first-order valence-corrected chi connectivity index (χ1v) is 5.25. The van der Waals surface area contributed by atoms with Crippen LogP contribution in [0.2, 0.25) is 0 Å². The summed E-state index contributed by atoms with van der Waals surface area (Å²) in [5.74, 6) is 6.83. The number of carbonyl (C=O) groups excluding carboxylic acids is 1. The number of esters is 1. The molecule has 1 rings (SSSR count). The van der Waals surface area contributed by atoms with Crippen LogP contribution in [0.3, 0.4) is 0 Å². The first kappa shape index (κ1) is 11.1. The number of methoxy groups -OCH3 is 1. The molecule has 14 heavy (non-hydrogen) atoms. The van der Waals surface area contributed by atoms with Gasteiger partial charge in [-0.1, -0.05) is 0 Å². The number of hydrogen-bond acceptors (Lipinski definition) is 2. The smallest absolute Gasteiger partial charge is 0.308 e. The molecule has 0 unspecified atom stereocenters. The van der Waals surface area contributed by atoms with Gasteiger partial charge in [0, 0.05) is 6.42 Å². The Balaban J connectivity index is 2.29. The average Bonchev–Trinajstić information content (AvgIpc) is 2.26. The van der Waals surface area contributed by atoms with Crippen LogP contribution in [0.1, 0.15) is 39.0 Å². The molecule has 0 spiro atoms. The van der Waals surface area contributed by atoms with E-state index in [9.17, 15) is 4.79 Å². The van der Waals surface area contributed by atoms with E-state index < -0.39 is 0 Å². The molecule has 0 amide bonds. The molecule has 0 aromatic rings. The molecule has 0 saturated heterocycles. The number of rotatable bonds is 2. The molecule has 1 aliphatic carbocycles. The molecule has 1 fully saturated rings. The van der Waals surface area contributed by atoms with E-state index in [1.807, 2.05) is 6.92 Å². The van der Waals surface area contributed by atoms with Gasteiger partial charge in [0.2, 0.25) is 0 Å². The third-order valence-electron chi connectivity index (χ3n) is 2.95. The summed E-state index contributed by atoms with van der Waals surface area (Å²) in [6.07, 6.45) is 5.18. The Morgan fingerprint density at radius 2 is 2.00 bits per heavy atom. The highest BCUT2D eigenvalue weighted by Crippen LogP contribution is 2.31. The molecule has 0 bridgehead atoms. The molecule has 1 saturated carbocycles. The van der Waals surface area contributed by atoms with Crippen molar-refractivity contribution in [3.8, 4) is 11.8 Å². The van der Waals surface area contributed by atoms with E-state index in [2.05, 4.69) is 11.8 Å².